The Morgan fingerprint density at radius 1 is 0.635 bits per heavy atom. The largest absolute Gasteiger partial charge is 0.449 e. The van der Waals surface area contributed by atoms with Crippen LogP contribution in [0.2, 0.25) is 0 Å². The number of aromatic nitrogens is 4. The lowest BCUT2D eigenvalue weighted by Gasteiger charge is -2.34. The van der Waals surface area contributed by atoms with Gasteiger partial charge >= 0.3 is 0 Å². The smallest absolute Gasteiger partial charge is 0.294 e. The number of rotatable bonds is 10. The Bertz CT molecular complexity index is 2110. The summed E-state index contributed by atoms with van der Waals surface area (Å²) in [6, 6.07) is 11.3. The van der Waals surface area contributed by atoms with E-state index in [0.717, 1.165) is 98.4 Å². The van der Waals surface area contributed by atoms with Crippen LogP contribution in [0.15, 0.2) is 63.8 Å². The second kappa shape index (κ2) is 16.7. The number of benzene rings is 2. The molecule has 0 unspecified atom stereocenters. The molecule has 2 fully saturated rings. The standard InChI is InChI=1S/2C18H21BrN4O3/c2*1-25-9-8-22-4-6-23(7-5-22)11-15-20-16-13-10-12(19)2-3-14(13)26-17(16)18(24)21-15/h2*2-3,10H,4-9,11H2,1H3,(H,20,21,24). The summed E-state index contributed by atoms with van der Waals surface area (Å²) in [6.07, 6.45) is 0. The lowest BCUT2D eigenvalue weighted by atomic mass is 10.2. The molecule has 0 saturated carbocycles. The number of piperazine rings is 2. The van der Waals surface area contributed by atoms with Crippen molar-refractivity contribution in [2.45, 2.75) is 13.1 Å². The number of nitrogens with zero attached hydrogens (tertiary/aromatic N) is 6. The Morgan fingerprint density at radius 2 is 1.02 bits per heavy atom. The van der Waals surface area contributed by atoms with E-state index in [4.69, 9.17) is 18.3 Å². The highest BCUT2D eigenvalue weighted by Gasteiger charge is 2.21. The van der Waals surface area contributed by atoms with E-state index < -0.39 is 0 Å². The summed E-state index contributed by atoms with van der Waals surface area (Å²) in [5.74, 6) is 1.35. The molecular formula is C36H42Br2N8O6. The van der Waals surface area contributed by atoms with Crippen LogP contribution in [-0.4, -0.2) is 132 Å². The first kappa shape index (κ1) is 36.9. The topological polar surface area (TPSA) is 149 Å². The maximum atomic E-state index is 12.4. The first-order valence-corrected chi connectivity index (χ1v) is 19.0. The van der Waals surface area contributed by atoms with Crippen molar-refractivity contribution in [1.82, 2.24) is 39.5 Å². The lowest BCUT2D eigenvalue weighted by Crippen LogP contribution is -2.47. The molecule has 0 amide bonds. The first-order chi connectivity index (χ1) is 25.3. The van der Waals surface area contributed by atoms with E-state index in [2.05, 4.69) is 71.4 Å². The van der Waals surface area contributed by atoms with Gasteiger partial charge in [0.1, 0.15) is 33.8 Å². The Morgan fingerprint density at radius 3 is 1.40 bits per heavy atom. The zero-order valence-corrected chi connectivity index (χ0v) is 32.4. The van der Waals surface area contributed by atoms with Crippen LogP contribution >= 0.6 is 31.9 Å². The predicted octanol–water partition coefficient (Wildman–Crippen LogP) is 4.39. The van der Waals surface area contributed by atoms with E-state index in [1.807, 2.05) is 36.4 Å². The minimum atomic E-state index is -0.226. The summed E-state index contributed by atoms with van der Waals surface area (Å²) in [4.78, 5) is 49.4. The molecule has 276 valence electrons. The molecule has 2 N–H and O–H groups in total. The van der Waals surface area contributed by atoms with Gasteiger partial charge in [-0.25, -0.2) is 9.97 Å². The highest BCUT2D eigenvalue weighted by atomic mass is 79.9. The van der Waals surface area contributed by atoms with Crippen molar-refractivity contribution in [1.29, 1.82) is 0 Å². The third-order valence-corrected chi connectivity index (χ3v) is 10.6. The number of methoxy groups -OCH3 is 2. The van der Waals surface area contributed by atoms with Crippen molar-refractivity contribution in [2.24, 2.45) is 0 Å². The number of H-pyrrole nitrogens is 2. The fourth-order valence-corrected chi connectivity index (χ4v) is 7.42. The first-order valence-electron chi connectivity index (χ1n) is 17.4. The number of hydrogen-bond donors (Lipinski definition) is 2. The molecule has 6 heterocycles. The molecule has 0 atom stereocenters. The highest BCUT2D eigenvalue weighted by molar-refractivity contribution is 9.10. The van der Waals surface area contributed by atoms with Gasteiger partial charge in [-0.3, -0.25) is 29.2 Å². The molecule has 14 nitrogen and oxygen atoms in total. The van der Waals surface area contributed by atoms with Crippen LogP contribution in [-0.2, 0) is 22.6 Å². The number of ether oxygens (including phenoxy) is 2. The van der Waals surface area contributed by atoms with Gasteiger partial charge in [0.25, 0.3) is 11.1 Å². The molecule has 2 saturated heterocycles. The summed E-state index contributed by atoms with van der Waals surface area (Å²) in [7, 11) is 3.46. The minimum Gasteiger partial charge on any atom is -0.449 e. The van der Waals surface area contributed by atoms with E-state index in [1.165, 1.54) is 0 Å². The molecule has 8 rings (SSSR count). The summed E-state index contributed by atoms with van der Waals surface area (Å²) in [6.45, 7) is 12.5. The maximum Gasteiger partial charge on any atom is 0.294 e. The predicted molar refractivity (Wildman–Crippen MR) is 207 cm³/mol. The van der Waals surface area contributed by atoms with Crippen molar-refractivity contribution in [3.63, 3.8) is 0 Å². The third-order valence-electron chi connectivity index (χ3n) is 9.57. The summed E-state index contributed by atoms with van der Waals surface area (Å²) >= 11 is 6.93. The van der Waals surface area contributed by atoms with Crippen LogP contribution in [0, 0.1) is 0 Å². The molecule has 52 heavy (non-hydrogen) atoms. The zero-order chi connectivity index (χ0) is 36.2. The number of halogens is 2. The molecule has 0 bridgehead atoms. The van der Waals surface area contributed by atoms with Crippen molar-refractivity contribution in [3.8, 4) is 0 Å². The number of hydrogen-bond acceptors (Lipinski definition) is 12. The molecule has 0 spiro atoms. The van der Waals surface area contributed by atoms with Gasteiger partial charge in [0, 0.05) is 99.4 Å². The van der Waals surface area contributed by atoms with Gasteiger partial charge in [0.2, 0.25) is 11.2 Å². The van der Waals surface area contributed by atoms with Gasteiger partial charge in [-0.2, -0.15) is 0 Å². The van der Waals surface area contributed by atoms with Gasteiger partial charge in [-0.1, -0.05) is 31.9 Å². The zero-order valence-electron chi connectivity index (χ0n) is 29.3. The molecular weight excluding hydrogens is 800 g/mol. The van der Waals surface area contributed by atoms with Crippen molar-refractivity contribution in [3.05, 3.63) is 77.7 Å². The maximum absolute atomic E-state index is 12.4. The van der Waals surface area contributed by atoms with Crippen LogP contribution < -0.4 is 11.1 Å². The number of aromatic amines is 2. The quantitative estimate of drug-likeness (QED) is 0.202. The van der Waals surface area contributed by atoms with Crippen LogP contribution in [0.25, 0.3) is 44.1 Å². The van der Waals surface area contributed by atoms with Gasteiger partial charge in [0.15, 0.2) is 0 Å². The van der Waals surface area contributed by atoms with E-state index in [1.54, 1.807) is 14.2 Å². The molecule has 2 aliphatic heterocycles. The Balaban J connectivity index is 0.000000162. The van der Waals surface area contributed by atoms with Crippen LogP contribution in [0.3, 0.4) is 0 Å². The van der Waals surface area contributed by atoms with E-state index in [0.29, 0.717) is 46.9 Å². The molecule has 16 heteroatoms. The van der Waals surface area contributed by atoms with E-state index in [-0.39, 0.29) is 22.3 Å². The Hall–Kier alpha value is -3.48. The Kier molecular flexibility index (Phi) is 11.8. The van der Waals surface area contributed by atoms with Crippen molar-refractivity contribution < 1.29 is 18.3 Å². The van der Waals surface area contributed by atoms with Crippen molar-refractivity contribution >= 4 is 76.0 Å². The Labute approximate surface area is 316 Å². The second-order valence-electron chi connectivity index (χ2n) is 13.1. The average Bonchev–Trinajstić information content (AvgIpc) is 3.70. The summed E-state index contributed by atoms with van der Waals surface area (Å²) in [5.41, 5.74) is 2.71. The minimum absolute atomic E-state index is 0.226. The van der Waals surface area contributed by atoms with E-state index >= 15 is 0 Å². The number of fused-ring (bicyclic) bond motifs is 6. The van der Waals surface area contributed by atoms with Crippen LogP contribution in [0.1, 0.15) is 11.6 Å². The number of furan rings is 2. The molecule has 2 aliphatic rings. The SMILES string of the molecule is COCCN1CCN(Cc2nc3c(oc4ccc(Br)cc43)c(=O)[nH]2)CC1.COCCN1CCN(Cc2nc3c(oc4ccc(Br)cc43)c(=O)[nH]2)CC1. The fourth-order valence-electron chi connectivity index (χ4n) is 6.70. The number of nitrogens with one attached hydrogen (secondary N) is 2. The van der Waals surface area contributed by atoms with Gasteiger partial charge in [-0.15, -0.1) is 0 Å². The van der Waals surface area contributed by atoms with Crippen LogP contribution in [0.4, 0.5) is 0 Å². The molecule has 2 aromatic carbocycles. The van der Waals surface area contributed by atoms with Crippen LogP contribution in [0.5, 0.6) is 0 Å². The molecule has 4 aromatic heterocycles. The van der Waals surface area contributed by atoms with Crippen molar-refractivity contribution in [2.75, 3.05) is 92.9 Å². The molecule has 0 radical (unpaired) electrons. The van der Waals surface area contributed by atoms with Gasteiger partial charge in [-0.05, 0) is 36.4 Å². The highest BCUT2D eigenvalue weighted by Crippen LogP contribution is 2.29. The molecule has 0 aliphatic carbocycles. The lowest BCUT2D eigenvalue weighted by molar-refractivity contribution is 0.0926. The molecule has 6 aromatic rings. The summed E-state index contributed by atoms with van der Waals surface area (Å²) < 4.78 is 23.5. The van der Waals surface area contributed by atoms with Gasteiger partial charge < -0.3 is 28.3 Å². The monoisotopic (exact) mass is 840 g/mol. The summed E-state index contributed by atoms with van der Waals surface area (Å²) in [5, 5.41) is 1.71. The normalized spacial score (nSPS) is 16.7. The second-order valence-corrected chi connectivity index (χ2v) is 14.9. The van der Waals surface area contributed by atoms with E-state index in [9.17, 15) is 9.59 Å². The van der Waals surface area contributed by atoms with Gasteiger partial charge in [0.05, 0.1) is 26.3 Å². The third kappa shape index (κ3) is 8.50. The average molecular weight is 843 g/mol. The fraction of sp³-hybridized carbons (Fsp3) is 0.444.